The molecular formula is C11H11NO3. The van der Waals surface area contributed by atoms with Gasteiger partial charge in [-0.25, -0.2) is 4.79 Å². The predicted octanol–water partition coefficient (Wildman–Crippen LogP) is 1.65. The molecule has 0 unspecified atom stereocenters. The SMILES string of the molecule is COc1c(-c2ccccc2)c(=O)on1C. The molecule has 2 aromatic rings. The van der Waals surface area contributed by atoms with E-state index < -0.39 is 0 Å². The van der Waals surface area contributed by atoms with Crippen molar-refractivity contribution < 1.29 is 9.26 Å². The van der Waals surface area contributed by atoms with Gasteiger partial charge < -0.3 is 9.26 Å². The Morgan fingerprint density at radius 3 is 2.53 bits per heavy atom. The number of methoxy groups -OCH3 is 1. The zero-order valence-electron chi connectivity index (χ0n) is 8.56. The number of aromatic nitrogens is 1. The van der Waals surface area contributed by atoms with Crippen molar-refractivity contribution in [3.8, 4) is 17.0 Å². The van der Waals surface area contributed by atoms with Crippen molar-refractivity contribution in [3.63, 3.8) is 0 Å². The maximum absolute atomic E-state index is 11.6. The van der Waals surface area contributed by atoms with Crippen LogP contribution < -0.4 is 10.4 Å². The Morgan fingerprint density at radius 1 is 1.27 bits per heavy atom. The number of nitrogens with zero attached hydrogens (tertiary/aromatic N) is 1. The fourth-order valence-electron chi connectivity index (χ4n) is 1.53. The van der Waals surface area contributed by atoms with Crippen molar-refractivity contribution in [2.24, 2.45) is 7.05 Å². The summed E-state index contributed by atoms with van der Waals surface area (Å²) in [6.07, 6.45) is 0. The van der Waals surface area contributed by atoms with E-state index in [4.69, 9.17) is 9.26 Å². The lowest BCUT2D eigenvalue weighted by atomic mass is 10.1. The highest BCUT2D eigenvalue weighted by molar-refractivity contribution is 5.67. The summed E-state index contributed by atoms with van der Waals surface area (Å²) >= 11 is 0. The van der Waals surface area contributed by atoms with Crippen LogP contribution in [0.4, 0.5) is 0 Å². The van der Waals surface area contributed by atoms with E-state index >= 15 is 0 Å². The van der Waals surface area contributed by atoms with Crippen LogP contribution in [-0.4, -0.2) is 11.8 Å². The molecule has 0 N–H and O–H groups in total. The zero-order chi connectivity index (χ0) is 10.8. The smallest absolute Gasteiger partial charge is 0.369 e. The summed E-state index contributed by atoms with van der Waals surface area (Å²) < 4.78 is 11.4. The van der Waals surface area contributed by atoms with Gasteiger partial charge in [0.1, 0.15) is 5.56 Å². The van der Waals surface area contributed by atoms with Gasteiger partial charge in [0.2, 0.25) is 5.88 Å². The van der Waals surface area contributed by atoms with Gasteiger partial charge in [-0.3, -0.25) is 0 Å². The molecule has 0 atom stereocenters. The van der Waals surface area contributed by atoms with E-state index in [0.29, 0.717) is 11.4 Å². The van der Waals surface area contributed by atoms with Crippen LogP contribution in [0.15, 0.2) is 39.6 Å². The Balaban J connectivity index is 2.67. The molecule has 4 nitrogen and oxygen atoms in total. The first kappa shape index (κ1) is 9.58. The fourth-order valence-corrected chi connectivity index (χ4v) is 1.53. The van der Waals surface area contributed by atoms with Crippen molar-refractivity contribution in [3.05, 3.63) is 40.8 Å². The Labute approximate surface area is 86.7 Å². The molecule has 0 aliphatic rings. The second kappa shape index (κ2) is 3.65. The number of benzene rings is 1. The molecule has 0 saturated heterocycles. The van der Waals surface area contributed by atoms with Gasteiger partial charge in [0.05, 0.1) is 7.11 Å². The van der Waals surface area contributed by atoms with Gasteiger partial charge in [-0.2, -0.15) is 4.74 Å². The quantitative estimate of drug-likeness (QED) is 0.748. The lowest BCUT2D eigenvalue weighted by molar-refractivity contribution is 0.242. The maximum atomic E-state index is 11.6. The van der Waals surface area contributed by atoms with Crippen LogP contribution in [0.5, 0.6) is 5.88 Å². The van der Waals surface area contributed by atoms with Gasteiger partial charge in [0, 0.05) is 7.05 Å². The molecule has 0 spiro atoms. The van der Waals surface area contributed by atoms with Gasteiger partial charge in [-0.05, 0) is 5.56 Å². The Hall–Kier alpha value is -1.97. The van der Waals surface area contributed by atoms with E-state index in [0.717, 1.165) is 5.56 Å². The average Bonchev–Trinajstić information content (AvgIpc) is 2.54. The van der Waals surface area contributed by atoms with Crippen LogP contribution in [0.1, 0.15) is 0 Å². The molecule has 0 aliphatic heterocycles. The molecule has 2 rings (SSSR count). The molecule has 0 bridgehead atoms. The van der Waals surface area contributed by atoms with Crippen molar-refractivity contribution in [1.82, 2.24) is 4.74 Å². The van der Waals surface area contributed by atoms with Crippen molar-refractivity contribution in [2.45, 2.75) is 0 Å². The summed E-state index contributed by atoms with van der Waals surface area (Å²) in [6, 6.07) is 9.30. The number of hydrogen-bond donors (Lipinski definition) is 0. The van der Waals surface area contributed by atoms with E-state index in [1.807, 2.05) is 30.3 Å². The van der Waals surface area contributed by atoms with Crippen LogP contribution in [0.2, 0.25) is 0 Å². The highest BCUT2D eigenvalue weighted by atomic mass is 16.6. The summed E-state index contributed by atoms with van der Waals surface area (Å²) in [5, 5.41) is 0. The third-order valence-corrected chi connectivity index (χ3v) is 2.18. The zero-order valence-corrected chi connectivity index (χ0v) is 8.56. The van der Waals surface area contributed by atoms with Gasteiger partial charge in [0.25, 0.3) is 0 Å². The number of rotatable bonds is 2. The van der Waals surface area contributed by atoms with Crippen LogP contribution >= 0.6 is 0 Å². The molecule has 1 aromatic carbocycles. The molecule has 0 aliphatic carbocycles. The van der Waals surface area contributed by atoms with Crippen molar-refractivity contribution in [2.75, 3.05) is 7.11 Å². The summed E-state index contributed by atoms with van der Waals surface area (Å²) in [5.74, 6) is 0.436. The van der Waals surface area contributed by atoms with Crippen LogP contribution in [-0.2, 0) is 7.05 Å². The third kappa shape index (κ3) is 1.54. The van der Waals surface area contributed by atoms with Crippen LogP contribution in [0.25, 0.3) is 11.1 Å². The minimum Gasteiger partial charge on any atom is -0.480 e. The second-order valence-electron chi connectivity index (χ2n) is 3.13. The first-order valence-corrected chi connectivity index (χ1v) is 4.53. The monoisotopic (exact) mass is 205 g/mol. The van der Waals surface area contributed by atoms with E-state index in [1.165, 1.54) is 11.8 Å². The summed E-state index contributed by atoms with van der Waals surface area (Å²) in [6.45, 7) is 0. The van der Waals surface area contributed by atoms with Gasteiger partial charge in [0.15, 0.2) is 0 Å². The van der Waals surface area contributed by atoms with Crippen molar-refractivity contribution >= 4 is 0 Å². The van der Waals surface area contributed by atoms with E-state index in [-0.39, 0.29) is 5.63 Å². The molecule has 15 heavy (non-hydrogen) atoms. The fraction of sp³-hybridized carbons (Fsp3) is 0.182. The largest absolute Gasteiger partial charge is 0.480 e. The minimum atomic E-state index is -0.388. The predicted molar refractivity (Wildman–Crippen MR) is 55.9 cm³/mol. The number of ether oxygens (including phenoxy) is 1. The minimum absolute atomic E-state index is 0.388. The second-order valence-corrected chi connectivity index (χ2v) is 3.13. The number of hydrogen-bond acceptors (Lipinski definition) is 3. The topological polar surface area (TPSA) is 44.4 Å². The first-order chi connectivity index (χ1) is 7.24. The summed E-state index contributed by atoms with van der Waals surface area (Å²) in [5.41, 5.74) is 0.866. The summed E-state index contributed by atoms with van der Waals surface area (Å²) in [7, 11) is 3.14. The number of aryl methyl sites for hydroxylation is 1. The van der Waals surface area contributed by atoms with Gasteiger partial charge in [-0.15, -0.1) is 0 Å². The highest BCUT2D eigenvalue weighted by Gasteiger charge is 2.17. The molecule has 0 radical (unpaired) electrons. The van der Waals surface area contributed by atoms with Crippen LogP contribution in [0, 0.1) is 0 Å². The molecule has 78 valence electrons. The summed E-state index contributed by atoms with van der Waals surface area (Å²) in [4.78, 5) is 11.6. The Morgan fingerprint density at radius 2 is 1.93 bits per heavy atom. The molecule has 0 saturated carbocycles. The van der Waals surface area contributed by atoms with Crippen molar-refractivity contribution in [1.29, 1.82) is 0 Å². The molecule has 0 fully saturated rings. The Kier molecular flexibility index (Phi) is 2.33. The third-order valence-electron chi connectivity index (χ3n) is 2.18. The molecule has 0 amide bonds. The lowest BCUT2D eigenvalue weighted by Crippen LogP contribution is -1.97. The normalized spacial score (nSPS) is 10.3. The lowest BCUT2D eigenvalue weighted by Gasteiger charge is -2.01. The molecular weight excluding hydrogens is 194 g/mol. The van der Waals surface area contributed by atoms with E-state index in [2.05, 4.69) is 0 Å². The maximum Gasteiger partial charge on any atom is 0.369 e. The van der Waals surface area contributed by atoms with E-state index in [1.54, 1.807) is 7.05 Å². The molecule has 1 heterocycles. The average molecular weight is 205 g/mol. The van der Waals surface area contributed by atoms with E-state index in [9.17, 15) is 4.79 Å². The molecule has 1 aromatic heterocycles. The molecule has 4 heteroatoms. The first-order valence-electron chi connectivity index (χ1n) is 4.53. The van der Waals surface area contributed by atoms with Gasteiger partial charge >= 0.3 is 5.63 Å². The standard InChI is InChI=1S/C11H11NO3/c1-12-10(14-2)9(11(13)15-12)8-6-4-3-5-7-8/h3-7H,1-2H3. The highest BCUT2D eigenvalue weighted by Crippen LogP contribution is 2.25. The van der Waals surface area contributed by atoms with Gasteiger partial charge in [-0.1, -0.05) is 30.3 Å². The Bertz CT molecular complexity index is 510. The van der Waals surface area contributed by atoms with Crippen LogP contribution in [0.3, 0.4) is 0 Å².